The van der Waals surface area contributed by atoms with Crippen molar-refractivity contribution in [1.29, 1.82) is 5.26 Å². The van der Waals surface area contributed by atoms with E-state index in [9.17, 15) is 10.1 Å². The minimum absolute atomic E-state index is 0.164. The van der Waals surface area contributed by atoms with Crippen LogP contribution in [0.5, 0.6) is 5.75 Å². The number of nitrogens with zero attached hydrogens (tertiary/aromatic N) is 2. The zero-order valence-electron chi connectivity index (χ0n) is 9.83. The van der Waals surface area contributed by atoms with E-state index in [2.05, 4.69) is 12.6 Å². The fraction of sp³-hybridized carbons (Fsp3) is 0.417. The second-order valence-corrected chi connectivity index (χ2v) is 4.13. The second kappa shape index (κ2) is 7.56. The largest absolute Gasteiger partial charge is 0.487 e. The van der Waals surface area contributed by atoms with Crippen molar-refractivity contribution < 1.29 is 9.66 Å². The van der Waals surface area contributed by atoms with E-state index in [1.54, 1.807) is 0 Å². The van der Waals surface area contributed by atoms with Crippen molar-refractivity contribution in [3.63, 3.8) is 0 Å². The van der Waals surface area contributed by atoms with E-state index in [-0.39, 0.29) is 17.0 Å². The fourth-order valence-corrected chi connectivity index (χ4v) is 1.65. The van der Waals surface area contributed by atoms with Gasteiger partial charge in [-0.05, 0) is 37.1 Å². The number of benzene rings is 1. The first-order chi connectivity index (χ1) is 8.69. The Morgan fingerprint density at radius 2 is 2.17 bits per heavy atom. The maximum atomic E-state index is 10.8. The molecule has 0 aliphatic rings. The average Bonchev–Trinajstić information content (AvgIpc) is 2.38. The van der Waals surface area contributed by atoms with E-state index in [0.29, 0.717) is 6.61 Å². The Balaban J connectivity index is 2.65. The molecular formula is C12H14N2O3S. The third-order valence-corrected chi connectivity index (χ3v) is 2.66. The van der Waals surface area contributed by atoms with Gasteiger partial charge < -0.3 is 4.74 Å². The lowest BCUT2D eigenvalue weighted by Crippen LogP contribution is -2.01. The van der Waals surface area contributed by atoms with Crippen LogP contribution in [0.4, 0.5) is 5.69 Å². The molecule has 0 atom stereocenters. The van der Waals surface area contributed by atoms with E-state index in [0.717, 1.165) is 25.0 Å². The summed E-state index contributed by atoms with van der Waals surface area (Å²) in [6.07, 6.45) is 2.81. The molecule has 0 bridgehead atoms. The van der Waals surface area contributed by atoms with Crippen LogP contribution in [0.1, 0.15) is 24.8 Å². The quantitative estimate of drug-likeness (QED) is 0.356. The molecular weight excluding hydrogens is 252 g/mol. The molecule has 1 aromatic carbocycles. The van der Waals surface area contributed by atoms with Crippen molar-refractivity contribution in [2.24, 2.45) is 0 Å². The summed E-state index contributed by atoms with van der Waals surface area (Å²) in [5, 5.41) is 19.5. The van der Waals surface area contributed by atoms with E-state index < -0.39 is 4.92 Å². The van der Waals surface area contributed by atoms with Crippen molar-refractivity contribution in [2.45, 2.75) is 19.3 Å². The lowest BCUT2D eigenvalue weighted by Gasteiger charge is -2.06. The Hall–Kier alpha value is -1.74. The fourth-order valence-electron chi connectivity index (χ4n) is 1.42. The highest BCUT2D eigenvalue weighted by atomic mass is 32.1. The molecule has 0 heterocycles. The van der Waals surface area contributed by atoms with Crippen LogP contribution in [0, 0.1) is 21.4 Å². The van der Waals surface area contributed by atoms with Crippen LogP contribution < -0.4 is 4.74 Å². The monoisotopic (exact) mass is 266 g/mol. The minimum atomic E-state index is -0.538. The minimum Gasteiger partial charge on any atom is -0.487 e. The summed E-state index contributed by atoms with van der Waals surface area (Å²) in [6, 6.07) is 6.07. The summed E-state index contributed by atoms with van der Waals surface area (Å²) in [5.41, 5.74) is 0.0902. The summed E-state index contributed by atoms with van der Waals surface area (Å²) >= 11 is 4.10. The predicted molar refractivity (Wildman–Crippen MR) is 71.0 cm³/mol. The third-order valence-electron chi connectivity index (χ3n) is 2.34. The Morgan fingerprint density at radius 1 is 1.39 bits per heavy atom. The predicted octanol–water partition coefficient (Wildman–Crippen LogP) is 2.95. The zero-order valence-corrected chi connectivity index (χ0v) is 10.7. The highest BCUT2D eigenvalue weighted by molar-refractivity contribution is 7.80. The van der Waals surface area contributed by atoms with Gasteiger partial charge in [0.15, 0.2) is 5.75 Å². The standard InChI is InChI=1S/C12H14N2O3S/c13-9-10-4-5-12(11(8-10)14(15)16)17-6-2-1-3-7-18/h4-5,8,18H,1-3,6-7H2. The summed E-state index contributed by atoms with van der Waals surface area (Å²) in [5.74, 6) is 1.04. The summed E-state index contributed by atoms with van der Waals surface area (Å²) in [4.78, 5) is 10.3. The van der Waals surface area contributed by atoms with Gasteiger partial charge in [0.2, 0.25) is 0 Å². The van der Waals surface area contributed by atoms with Crippen molar-refractivity contribution in [1.82, 2.24) is 0 Å². The van der Waals surface area contributed by atoms with Crippen molar-refractivity contribution >= 4 is 18.3 Å². The Morgan fingerprint density at radius 3 is 2.78 bits per heavy atom. The first-order valence-corrected chi connectivity index (χ1v) is 6.24. The molecule has 0 aromatic heterocycles. The number of nitro benzene ring substituents is 1. The van der Waals surface area contributed by atoms with Gasteiger partial charge in [0.25, 0.3) is 0 Å². The first-order valence-electron chi connectivity index (χ1n) is 5.61. The van der Waals surface area contributed by atoms with E-state index in [1.165, 1.54) is 18.2 Å². The van der Waals surface area contributed by atoms with E-state index in [4.69, 9.17) is 10.00 Å². The molecule has 0 radical (unpaired) electrons. The van der Waals surface area contributed by atoms with Crippen LogP contribution in [0.25, 0.3) is 0 Å². The number of nitriles is 1. The Labute approximate surface area is 111 Å². The Kier molecular flexibility index (Phi) is 6.01. The van der Waals surface area contributed by atoms with Crippen LogP contribution in [0.15, 0.2) is 18.2 Å². The molecule has 0 N–H and O–H groups in total. The molecule has 5 nitrogen and oxygen atoms in total. The molecule has 18 heavy (non-hydrogen) atoms. The van der Waals surface area contributed by atoms with E-state index in [1.807, 2.05) is 6.07 Å². The summed E-state index contributed by atoms with van der Waals surface area (Å²) < 4.78 is 5.37. The smallest absolute Gasteiger partial charge is 0.312 e. The van der Waals surface area contributed by atoms with Gasteiger partial charge >= 0.3 is 5.69 Å². The molecule has 0 amide bonds. The van der Waals surface area contributed by atoms with Crippen LogP contribution in [-0.2, 0) is 0 Å². The van der Waals surface area contributed by atoms with Crippen LogP contribution in [0.3, 0.4) is 0 Å². The molecule has 6 heteroatoms. The lowest BCUT2D eigenvalue weighted by atomic mass is 10.2. The van der Waals surface area contributed by atoms with Gasteiger partial charge in [-0.25, -0.2) is 0 Å². The Bertz CT molecular complexity index is 457. The molecule has 0 unspecified atom stereocenters. The highest BCUT2D eigenvalue weighted by Crippen LogP contribution is 2.27. The molecule has 1 aromatic rings. The van der Waals surface area contributed by atoms with Gasteiger partial charge in [0.05, 0.1) is 23.2 Å². The first kappa shape index (κ1) is 14.3. The molecule has 0 aliphatic heterocycles. The number of rotatable bonds is 7. The average molecular weight is 266 g/mol. The van der Waals surface area contributed by atoms with Gasteiger partial charge in [0.1, 0.15) is 0 Å². The maximum absolute atomic E-state index is 10.8. The van der Waals surface area contributed by atoms with Crippen molar-refractivity contribution in [3.8, 4) is 11.8 Å². The number of thiol groups is 1. The number of unbranched alkanes of at least 4 members (excludes halogenated alkanes) is 2. The lowest BCUT2D eigenvalue weighted by molar-refractivity contribution is -0.385. The number of hydrogen-bond acceptors (Lipinski definition) is 5. The molecule has 0 fully saturated rings. The van der Waals surface area contributed by atoms with Gasteiger partial charge in [-0.1, -0.05) is 0 Å². The van der Waals surface area contributed by atoms with Crippen LogP contribution >= 0.6 is 12.6 Å². The van der Waals surface area contributed by atoms with Gasteiger partial charge in [-0.15, -0.1) is 0 Å². The molecule has 96 valence electrons. The number of hydrogen-bond donors (Lipinski definition) is 1. The normalized spacial score (nSPS) is 9.78. The van der Waals surface area contributed by atoms with Gasteiger partial charge in [-0.2, -0.15) is 17.9 Å². The highest BCUT2D eigenvalue weighted by Gasteiger charge is 2.15. The molecule has 0 saturated heterocycles. The zero-order chi connectivity index (χ0) is 13.4. The van der Waals surface area contributed by atoms with Crippen LogP contribution in [-0.4, -0.2) is 17.3 Å². The van der Waals surface area contributed by atoms with E-state index >= 15 is 0 Å². The van der Waals surface area contributed by atoms with Gasteiger partial charge in [0, 0.05) is 6.07 Å². The van der Waals surface area contributed by atoms with Gasteiger partial charge in [-0.3, -0.25) is 10.1 Å². The number of ether oxygens (including phenoxy) is 1. The van der Waals surface area contributed by atoms with Crippen molar-refractivity contribution in [2.75, 3.05) is 12.4 Å². The molecule has 0 aliphatic carbocycles. The summed E-state index contributed by atoms with van der Waals surface area (Å²) in [7, 11) is 0. The SMILES string of the molecule is N#Cc1ccc(OCCCCCS)c([N+](=O)[O-])c1. The van der Waals surface area contributed by atoms with Crippen LogP contribution in [0.2, 0.25) is 0 Å². The molecule has 1 rings (SSSR count). The second-order valence-electron chi connectivity index (χ2n) is 3.68. The number of nitro groups is 1. The van der Waals surface area contributed by atoms with Crippen molar-refractivity contribution in [3.05, 3.63) is 33.9 Å². The molecule has 0 saturated carbocycles. The topological polar surface area (TPSA) is 76.2 Å². The maximum Gasteiger partial charge on any atom is 0.312 e. The molecule has 0 spiro atoms. The summed E-state index contributed by atoms with van der Waals surface area (Å²) in [6.45, 7) is 0.431. The third kappa shape index (κ3) is 4.26.